The number of piperidine rings is 1. The number of hydrogen-bond donors (Lipinski definition) is 2. The van der Waals surface area contributed by atoms with E-state index in [0.29, 0.717) is 38.9 Å². The number of aromatic nitrogens is 6. The lowest BCUT2D eigenvalue weighted by Crippen LogP contribution is -2.46. The van der Waals surface area contributed by atoms with Gasteiger partial charge in [-0.1, -0.05) is 0 Å². The van der Waals surface area contributed by atoms with Crippen molar-refractivity contribution in [1.82, 2.24) is 44.6 Å². The number of likely N-dealkylation sites (tertiary alicyclic amines) is 1. The number of nitrogens with two attached hydrogens (primary N) is 2. The Bertz CT molecular complexity index is 3510. The summed E-state index contributed by atoms with van der Waals surface area (Å²) >= 11 is 7.90. The Kier molecular flexibility index (Phi) is 18.3. The molecular formula is C57H68N12O7S5. The minimum atomic E-state index is -0.508. The maximum absolute atomic E-state index is 12.6. The average molecular weight is 1190 g/mol. The topological polar surface area (TPSA) is 259 Å². The number of ketones is 1. The number of ether oxygens (including phenoxy) is 3. The molecule has 3 atom stereocenters. The Morgan fingerprint density at radius 3 is 1.57 bits per heavy atom. The third kappa shape index (κ3) is 14.8. The van der Waals surface area contributed by atoms with Crippen molar-refractivity contribution in [3.8, 4) is 27.2 Å². The second-order valence-electron chi connectivity index (χ2n) is 22.7. The van der Waals surface area contributed by atoms with Crippen molar-refractivity contribution in [3.05, 3.63) is 81.3 Å². The Labute approximate surface area is 491 Å². The van der Waals surface area contributed by atoms with Crippen molar-refractivity contribution in [1.29, 1.82) is 5.26 Å². The molecule has 0 aliphatic carbocycles. The van der Waals surface area contributed by atoms with Crippen LogP contribution in [0, 0.1) is 11.3 Å². The molecule has 11 heterocycles. The van der Waals surface area contributed by atoms with Crippen molar-refractivity contribution >= 4 is 121 Å². The van der Waals surface area contributed by atoms with Gasteiger partial charge in [0.05, 0.1) is 73.3 Å². The number of pyridine rings is 3. The lowest BCUT2D eigenvalue weighted by molar-refractivity contribution is -0.122. The summed E-state index contributed by atoms with van der Waals surface area (Å²) in [5.74, 6) is 0.224. The van der Waals surface area contributed by atoms with E-state index < -0.39 is 16.8 Å². The summed E-state index contributed by atoms with van der Waals surface area (Å²) in [6.07, 6.45) is 12.4. The number of nitriles is 1. The number of nitrogens with zero attached hydrogens (tertiary/aromatic N) is 10. The second-order valence-corrected chi connectivity index (χ2v) is 28.1. The van der Waals surface area contributed by atoms with E-state index in [0.717, 1.165) is 89.4 Å². The molecule has 0 spiro atoms. The molecule has 19 nitrogen and oxygen atoms in total. The van der Waals surface area contributed by atoms with Crippen molar-refractivity contribution in [2.45, 2.75) is 157 Å². The molecule has 3 aliphatic rings. The number of fused-ring (bicyclic) bond motifs is 5. The van der Waals surface area contributed by atoms with E-state index in [1.165, 1.54) is 11.1 Å². The van der Waals surface area contributed by atoms with Gasteiger partial charge >= 0.3 is 18.3 Å². The van der Waals surface area contributed by atoms with Gasteiger partial charge in [0.25, 0.3) is 0 Å². The Balaban J connectivity index is 0.000000149. The van der Waals surface area contributed by atoms with Crippen LogP contribution >= 0.6 is 56.7 Å². The highest BCUT2D eigenvalue weighted by Gasteiger charge is 2.37. The molecule has 8 aromatic heterocycles. The zero-order chi connectivity index (χ0) is 58.7. The Morgan fingerprint density at radius 2 is 1.07 bits per heavy atom. The zero-order valence-corrected chi connectivity index (χ0v) is 51.7. The summed E-state index contributed by atoms with van der Waals surface area (Å²) in [5, 5.41) is 12.7. The number of anilines is 2. The molecule has 24 heteroatoms. The van der Waals surface area contributed by atoms with Crippen molar-refractivity contribution in [3.63, 3.8) is 0 Å². The molecular weight excluding hydrogens is 1130 g/mol. The van der Waals surface area contributed by atoms with Crippen LogP contribution in [0.15, 0.2) is 55.4 Å². The highest BCUT2D eigenvalue weighted by molar-refractivity contribution is 7.23. The van der Waals surface area contributed by atoms with Crippen molar-refractivity contribution in [2.75, 3.05) is 24.6 Å². The molecule has 0 aromatic carbocycles. The van der Waals surface area contributed by atoms with Crippen LogP contribution in [0.5, 0.6) is 0 Å². The van der Waals surface area contributed by atoms with E-state index >= 15 is 0 Å². The second kappa shape index (κ2) is 24.7. The number of hydrogen-bond acceptors (Lipinski definition) is 21. The monoisotopic (exact) mass is 1190 g/mol. The van der Waals surface area contributed by atoms with E-state index in [2.05, 4.69) is 26.0 Å². The fourth-order valence-electron chi connectivity index (χ4n) is 9.20. The van der Waals surface area contributed by atoms with Crippen LogP contribution in [-0.2, 0) is 44.8 Å². The van der Waals surface area contributed by atoms with Crippen LogP contribution in [0.3, 0.4) is 0 Å². The molecule has 0 saturated carbocycles. The fraction of sp³-hybridized carbons (Fsp3) is 0.456. The van der Waals surface area contributed by atoms with Crippen LogP contribution in [0.1, 0.15) is 128 Å². The fourth-order valence-corrected chi connectivity index (χ4v) is 14.5. The summed E-state index contributed by atoms with van der Waals surface area (Å²) in [5.41, 5.74) is 18.4. The number of amides is 3. The molecule has 0 radical (unpaired) electrons. The van der Waals surface area contributed by atoms with Crippen molar-refractivity contribution < 1.29 is 33.4 Å². The van der Waals surface area contributed by atoms with Crippen LogP contribution in [0.25, 0.3) is 51.8 Å². The minimum Gasteiger partial charge on any atom is -0.444 e. The molecule has 0 bridgehead atoms. The van der Waals surface area contributed by atoms with Gasteiger partial charge in [0, 0.05) is 77.5 Å². The van der Waals surface area contributed by atoms with Crippen LogP contribution in [0.2, 0.25) is 0 Å². The maximum Gasteiger partial charge on any atom is 0.410 e. The SMILES string of the molecule is C[C@H]1CC(=O)CCN1C(=O)OC(C)(C)C.C[C@H]1Cc2c(sc(N)c2-c2nc3cnccc3s2)CN1C(=O)OC(C)(C)C.C[C@H]1c2sc(N)c(-c3nc4cnccc4s3)c2CCN1C(=O)OC(C)(C)C.N#CCc1nc2cnccc2s1. The van der Waals surface area contributed by atoms with Crippen LogP contribution in [-0.4, -0.2) is 111 Å². The number of thiazole rings is 3. The highest BCUT2D eigenvalue weighted by Crippen LogP contribution is 2.48. The van der Waals surface area contributed by atoms with Gasteiger partial charge in [-0.2, -0.15) is 5.26 Å². The van der Waals surface area contributed by atoms with Gasteiger partial charge in [0.1, 0.15) is 48.6 Å². The van der Waals surface area contributed by atoms with Crippen LogP contribution in [0.4, 0.5) is 24.4 Å². The van der Waals surface area contributed by atoms with E-state index in [4.69, 9.17) is 40.9 Å². The summed E-state index contributed by atoms with van der Waals surface area (Å²) in [6, 6.07) is 7.85. The van der Waals surface area contributed by atoms with Gasteiger partial charge < -0.3 is 40.4 Å². The molecule has 428 valence electrons. The van der Waals surface area contributed by atoms with Gasteiger partial charge in [-0.25, -0.2) is 29.3 Å². The number of Topliss-reactive ketones (excluding diaryl/α,β-unsaturated/α-hetero) is 1. The largest absolute Gasteiger partial charge is 0.444 e. The molecule has 4 N–H and O–H groups in total. The first-order valence-electron chi connectivity index (χ1n) is 26.5. The number of rotatable bonds is 3. The first-order chi connectivity index (χ1) is 38.2. The summed E-state index contributed by atoms with van der Waals surface area (Å²) in [4.78, 5) is 81.4. The van der Waals surface area contributed by atoms with Gasteiger partial charge in [0.2, 0.25) is 0 Å². The number of carbonyl (C=O) groups is 4. The molecule has 1 saturated heterocycles. The number of nitrogen functional groups attached to an aromatic ring is 2. The average Bonchev–Trinajstić information content (AvgIpc) is 4.37. The lowest BCUT2D eigenvalue weighted by atomic mass is 9.98. The number of carbonyl (C=O) groups excluding carboxylic acids is 4. The quantitative estimate of drug-likeness (QED) is 0.156. The molecule has 11 rings (SSSR count). The molecule has 3 amide bonds. The number of thiophene rings is 2. The van der Waals surface area contributed by atoms with Gasteiger partial charge in [0.15, 0.2) is 0 Å². The molecule has 8 aromatic rings. The maximum atomic E-state index is 12.6. The van der Waals surface area contributed by atoms with E-state index in [-0.39, 0.29) is 42.2 Å². The van der Waals surface area contributed by atoms with E-state index in [1.54, 1.807) is 109 Å². The first kappa shape index (κ1) is 60.2. The minimum absolute atomic E-state index is 0.0381. The molecule has 0 unspecified atom stereocenters. The van der Waals surface area contributed by atoms with Crippen molar-refractivity contribution in [2.24, 2.45) is 0 Å². The van der Waals surface area contributed by atoms with E-state index in [9.17, 15) is 19.2 Å². The molecule has 81 heavy (non-hydrogen) atoms. The van der Waals surface area contributed by atoms with Gasteiger partial charge in [-0.05, 0) is 125 Å². The Hall–Kier alpha value is -6.91. The molecule has 1 fully saturated rings. The van der Waals surface area contributed by atoms with Gasteiger partial charge in [-0.15, -0.1) is 56.7 Å². The zero-order valence-electron chi connectivity index (χ0n) is 47.6. The molecule has 3 aliphatic heterocycles. The smallest absolute Gasteiger partial charge is 0.410 e. The summed E-state index contributed by atoms with van der Waals surface area (Å²) in [7, 11) is 0. The standard InChI is InChI=1S/2C19H22N4O2S2.C11H19NO3.C8H5N3S/c1-10-15-11(6-8-23(10)18(24)25-19(2,3)4)14(16(20)27-15)17-22-12-9-21-7-5-13(12)26-17;1-10-7-11-14(9-23(10)18(24)25-19(2,3)4)26-16(20)15(11)17-22-12-8-21-6-5-13(12)27-17;1-8-7-9(13)5-6-12(8)10(14)15-11(2,3)4;9-3-1-8-11-6-5-10-4-2-7(6)12-8/h5,7,9-10H,6,8,20H2,1-4H3;5-6,8,10H,7,9,20H2,1-4H3;8H,5-7H2,1-4H3;2,4-5H,1H2/t2*10-;8-;/m000./s1. The van der Waals surface area contributed by atoms with Crippen LogP contribution < -0.4 is 11.5 Å². The first-order valence-corrected chi connectivity index (χ1v) is 30.5. The third-order valence-corrected chi connectivity index (χ3v) is 18.2. The predicted molar refractivity (Wildman–Crippen MR) is 324 cm³/mol. The summed E-state index contributed by atoms with van der Waals surface area (Å²) < 4.78 is 19.7. The third-order valence-electron chi connectivity index (χ3n) is 12.8. The normalized spacial score (nSPS) is 17.1. The van der Waals surface area contributed by atoms with E-state index in [1.807, 2.05) is 101 Å². The summed E-state index contributed by atoms with van der Waals surface area (Å²) in [6.45, 7) is 24.4. The Morgan fingerprint density at radius 1 is 0.617 bits per heavy atom. The lowest BCUT2D eigenvalue weighted by Gasteiger charge is -2.35. The van der Waals surface area contributed by atoms with Gasteiger partial charge in [-0.3, -0.25) is 19.7 Å². The highest BCUT2D eigenvalue weighted by atomic mass is 32.1. The predicted octanol–water partition coefficient (Wildman–Crippen LogP) is 13.3.